The standard InChI is InChI=1S/C22H26N6O3/c1-14(19-13-28(22(23)29)10-11-30-19)31-21-20-18(24-8-9-25-20)12-17(26-21)15-4-6-16(7-5-15)27(2)3/h4-9,12,14,19H,10-11,13H2,1-3H3,(H2,23,29)/t14?,19-/m0/s1. The van der Waals surface area contributed by atoms with Crippen LogP contribution in [0.1, 0.15) is 6.92 Å². The summed E-state index contributed by atoms with van der Waals surface area (Å²) in [6.07, 6.45) is 2.56. The molecule has 0 saturated carbocycles. The Morgan fingerprint density at radius 1 is 1.26 bits per heavy atom. The van der Waals surface area contributed by atoms with Crippen LogP contribution < -0.4 is 15.4 Å². The molecule has 9 nitrogen and oxygen atoms in total. The van der Waals surface area contributed by atoms with Crippen LogP contribution >= 0.6 is 0 Å². The monoisotopic (exact) mass is 422 g/mol. The van der Waals surface area contributed by atoms with E-state index in [4.69, 9.17) is 20.2 Å². The Labute approximate surface area is 180 Å². The van der Waals surface area contributed by atoms with Gasteiger partial charge in [0.15, 0.2) is 5.52 Å². The van der Waals surface area contributed by atoms with Crippen molar-refractivity contribution in [1.29, 1.82) is 0 Å². The van der Waals surface area contributed by atoms with Gasteiger partial charge in [0.2, 0.25) is 5.88 Å². The van der Waals surface area contributed by atoms with E-state index in [0.29, 0.717) is 36.6 Å². The van der Waals surface area contributed by atoms with Gasteiger partial charge < -0.3 is 25.0 Å². The second-order valence-corrected chi connectivity index (χ2v) is 7.69. The molecule has 1 saturated heterocycles. The molecular weight excluding hydrogens is 396 g/mol. The fourth-order valence-electron chi connectivity index (χ4n) is 3.52. The summed E-state index contributed by atoms with van der Waals surface area (Å²) in [6.45, 7) is 3.14. The first-order valence-corrected chi connectivity index (χ1v) is 10.1. The summed E-state index contributed by atoms with van der Waals surface area (Å²) in [4.78, 5) is 28.7. The van der Waals surface area contributed by atoms with Gasteiger partial charge in [-0.05, 0) is 25.1 Å². The number of ether oxygens (including phenoxy) is 2. The molecule has 1 aliphatic rings. The van der Waals surface area contributed by atoms with E-state index >= 15 is 0 Å². The van der Waals surface area contributed by atoms with E-state index in [1.807, 2.05) is 56.3 Å². The molecule has 9 heteroatoms. The largest absolute Gasteiger partial charge is 0.470 e. The number of nitrogens with zero attached hydrogens (tertiary/aromatic N) is 5. The smallest absolute Gasteiger partial charge is 0.314 e. The minimum absolute atomic E-state index is 0.321. The number of pyridine rings is 1. The van der Waals surface area contributed by atoms with Gasteiger partial charge in [-0.3, -0.25) is 4.98 Å². The van der Waals surface area contributed by atoms with Crippen LogP contribution in [0.4, 0.5) is 10.5 Å². The van der Waals surface area contributed by atoms with Crippen molar-refractivity contribution in [2.45, 2.75) is 19.1 Å². The highest BCUT2D eigenvalue weighted by Gasteiger charge is 2.29. The molecule has 1 aromatic carbocycles. The van der Waals surface area contributed by atoms with Crippen LogP contribution in [0.15, 0.2) is 42.7 Å². The third-order valence-corrected chi connectivity index (χ3v) is 5.33. The number of morpholine rings is 1. The molecule has 0 radical (unpaired) electrons. The van der Waals surface area contributed by atoms with Crippen molar-refractivity contribution in [3.63, 3.8) is 0 Å². The molecule has 2 aromatic heterocycles. The first-order chi connectivity index (χ1) is 14.9. The van der Waals surface area contributed by atoms with Crippen LogP contribution in [-0.4, -0.2) is 71.9 Å². The normalized spacial score (nSPS) is 17.4. The summed E-state index contributed by atoms with van der Waals surface area (Å²) in [5.41, 5.74) is 9.48. The molecule has 2 N–H and O–H groups in total. The van der Waals surface area contributed by atoms with Gasteiger partial charge in [-0.2, -0.15) is 0 Å². The molecule has 2 amide bonds. The first-order valence-electron chi connectivity index (χ1n) is 10.1. The number of rotatable bonds is 5. The zero-order valence-electron chi connectivity index (χ0n) is 17.9. The lowest BCUT2D eigenvalue weighted by Crippen LogP contribution is -2.52. The van der Waals surface area contributed by atoms with Crippen molar-refractivity contribution in [3.05, 3.63) is 42.7 Å². The van der Waals surface area contributed by atoms with Crippen molar-refractivity contribution >= 4 is 22.8 Å². The minimum atomic E-state index is -0.460. The summed E-state index contributed by atoms with van der Waals surface area (Å²) in [5.74, 6) is 0.379. The molecule has 31 heavy (non-hydrogen) atoms. The number of aromatic nitrogens is 3. The van der Waals surface area contributed by atoms with Crippen LogP contribution in [-0.2, 0) is 4.74 Å². The molecule has 3 heterocycles. The molecule has 3 aromatic rings. The highest BCUT2D eigenvalue weighted by molar-refractivity contribution is 5.83. The average Bonchev–Trinajstić information content (AvgIpc) is 2.79. The first kappa shape index (κ1) is 20.8. The van der Waals surface area contributed by atoms with E-state index in [2.05, 4.69) is 9.97 Å². The molecule has 1 fully saturated rings. The molecule has 0 bridgehead atoms. The Bertz CT molecular complexity index is 1070. The molecular formula is C22H26N6O3. The van der Waals surface area contributed by atoms with Gasteiger partial charge in [-0.15, -0.1) is 0 Å². The zero-order valence-corrected chi connectivity index (χ0v) is 17.9. The van der Waals surface area contributed by atoms with Crippen molar-refractivity contribution < 1.29 is 14.3 Å². The average molecular weight is 422 g/mol. The van der Waals surface area contributed by atoms with Gasteiger partial charge in [0.25, 0.3) is 0 Å². The third kappa shape index (κ3) is 4.51. The van der Waals surface area contributed by atoms with Crippen molar-refractivity contribution in [2.24, 2.45) is 5.73 Å². The number of carbonyl (C=O) groups is 1. The lowest BCUT2D eigenvalue weighted by molar-refractivity contribution is -0.0640. The molecule has 4 rings (SSSR count). The number of urea groups is 1. The van der Waals surface area contributed by atoms with Crippen molar-refractivity contribution in [1.82, 2.24) is 19.9 Å². The predicted octanol–water partition coefficient (Wildman–Crippen LogP) is 2.30. The number of hydrogen-bond donors (Lipinski definition) is 1. The van der Waals surface area contributed by atoms with Crippen LogP contribution in [0.2, 0.25) is 0 Å². The minimum Gasteiger partial charge on any atom is -0.470 e. The maximum Gasteiger partial charge on any atom is 0.314 e. The van der Waals surface area contributed by atoms with Gasteiger partial charge >= 0.3 is 6.03 Å². The van der Waals surface area contributed by atoms with Gasteiger partial charge in [-0.25, -0.2) is 14.8 Å². The maximum atomic E-state index is 11.5. The lowest BCUT2D eigenvalue weighted by atomic mass is 10.1. The van der Waals surface area contributed by atoms with E-state index in [1.54, 1.807) is 17.3 Å². The maximum absolute atomic E-state index is 11.5. The zero-order chi connectivity index (χ0) is 22.0. The molecule has 1 unspecified atom stereocenters. The summed E-state index contributed by atoms with van der Waals surface area (Å²) < 4.78 is 12.0. The number of benzene rings is 1. The predicted molar refractivity (Wildman–Crippen MR) is 118 cm³/mol. The third-order valence-electron chi connectivity index (χ3n) is 5.33. The number of amides is 2. The number of nitrogens with two attached hydrogens (primary N) is 1. The van der Waals surface area contributed by atoms with E-state index in [1.165, 1.54) is 0 Å². The number of carbonyl (C=O) groups excluding carboxylic acids is 1. The summed E-state index contributed by atoms with van der Waals surface area (Å²) in [7, 11) is 4.00. The molecule has 0 spiro atoms. The topological polar surface area (TPSA) is 107 Å². The molecule has 162 valence electrons. The number of fused-ring (bicyclic) bond motifs is 1. The Balaban J connectivity index is 1.64. The number of hydrogen-bond acceptors (Lipinski definition) is 7. The second-order valence-electron chi connectivity index (χ2n) is 7.69. The Kier molecular flexibility index (Phi) is 5.85. The highest BCUT2D eigenvalue weighted by Crippen LogP contribution is 2.29. The molecule has 1 aliphatic heterocycles. The SMILES string of the molecule is CC(Oc1nc(-c2ccc(N(C)C)cc2)cc2nccnc12)[C@@H]1CN(C(N)=O)CCO1. The Morgan fingerprint density at radius 2 is 2.00 bits per heavy atom. The van der Waals surface area contributed by atoms with Crippen LogP contribution in [0.25, 0.3) is 22.3 Å². The van der Waals surface area contributed by atoms with Gasteiger partial charge in [-0.1, -0.05) is 12.1 Å². The fraction of sp³-hybridized carbons (Fsp3) is 0.364. The Hall–Kier alpha value is -3.46. The van der Waals surface area contributed by atoms with E-state index < -0.39 is 6.03 Å². The van der Waals surface area contributed by atoms with Crippen molar-refractivity contribution in [3.8, 4) is 17.1 Å². The molecule has 0 aliphatic carbocycles. The van der Waals surface area contributed by atoms with Crippen LogP contribution in [0, 0.1) is 0 Å². The fourth-order valence-corrected chi connectivity index (χ4v) is 3.52. The lowest BCUT2D eigenvalue weighted by Gasteiger charge is -2.34. The van der Waals surface area contributed by atoms with Gasteiger partial charge in [0.1, 0.15) is 12.2 Å². The van der Waals surface area contributed by atoms with E-state index in [9.17, 15) is 4.79 Å². The molecule has 2 atom stereocenters. The van der Waals surface area contributed by atoms with Crippen LogP contribution in [0.5, 0.6) is 5.88 Å². The summed E-state index contributed by atoms with van der Waals surface area (Å²) in [6, 6.07) is 9.55. The van der Waals surface area contributed by atoms with Gasteiger partial charge in [0, 0.05) is 44.3 Å². The van der Waals surface area contributed by atoms with E-state index in [0.717, 1.165) is 16.9 Å². The van der Waals surface area contributed by atoms with Crippen molar-refractivity contribution in [2.75, 3.05) is 38.7 Å². The second kappa shape index (κ2) is 8.73. The van der Waals surface area contributed by atoms with Gasteiger partial charge in [0.05, 0.1) is 24.4 Å². The summed E-state index contributed by atoms with van der Waals surface area (Å²) >= 11 is 0. The summed E-state index contributed by atoms with van der Waals surface area (Å²) in [5, 5.41) is 0. The highest BCUT2D eigenvalue weighted by atomic mass is 16.5. The quantitative estimate of drug-likeness (QED) is 0.672. The number of anilines is 1. The number of primary amides is 1. The van der Waals surface area contributed by atoms with E-state index in [-0.39, 0.29) is 12.2 Å². The van der Waals surface area contributed by atoms with Crippen LogP contribution in [0.3, 0.4) is 0 Å². The Morgan fingerprint density at radius 3 is 2.71 bits per heavy atom.